The highest BCUT2D eigenvalue weighted by molar-refractivity contribution is 9.10. The number of hydrogen-bond donors (Lipinski definition) is 0. The molecular formula is C30H20BrFN2O4. The van der Waals surface area contributed by atoms with Gasteiger partial charge in [-0.3, -0.25) is 9.59 Å². The van der Waals surface area contributed by atoms with Gasteiger partial charge in [-0.05, 0) is 70.0 Å². The van der Waals surface area contributed by atoms with E-state index in [1.807, 2.05) is 0 Å². The van der Waals surface area contributed by atoms with Crippen molar-refractivity contribution < 1.29 is 23.5 Å². The number of barbiturate groups is 1. The Morgan fingerprint density at radius 1 is 0.737 bits per heavy atom. The molecule has 1 fully saturated rings. The van der Waals surface area contributed by atoms with Crippen LogP contribution in [0.2, 0.25) is 0 Å². The highest BCUT2D eigenvalue weighted by Gasteiger charge is 2.43. The lowest BCUT2D eigenvalue weighted by molar-refractivity contribution is -0.121. The number of urea groups is 1. The number of carbonyl (C=O) groups is 3. The van der Waals surface area contributed by atoms with Crippen molar-refractivity contribution >= 4 is 51.2 Å². The van der Waals surface area contributed by atoms with E-state index in [1.165, 1.54) is 12.1 Å². The van der Waals surface area contributed by atoms with Gasteiger partial charge in [0.15, 0.2) is 0 Å². The summed E-state index contributed by atoms with van der Waals surface area (Å²) in [5.41, 5.74) is 1.46. The first-order valence-electron chi connectivity index (χ1n) is 11.6. The Kier molecular flexibility index (Phi) is 7.15. The van der Waals surface area contributed by atoms with Crippen molar-refractivity contribution in [1.82, 2.24) is 0 Å². The summed E-state index contributed by atoms with van der Waals surface area (Å²) >= 11 is 3.45. The first kappa shape index (κ1) is 25.1. The Bertz CT molecular complexity index is 1490. The third-order valence-electron chi connectivity index (χ3n) is 5.89. The van der Waals surface area contributed by atoms with Crippen molar-refractivity contribution in [3.63, 3.8) is 0 Å². The van der Waals surface area contributed by atoms with Gasteiger partial charge in [-0.25, -0.2) is 19.0 Å². The van der Waals surface area contributed by atoms with E-state index in [0.717, 1.165) is 9.80 Å². The molecule has 0 atom stereocenters. The van der Waals surface area contributed by atoms with Crippen LogP contribution in [0, 0.1) is 5.82 Å². The van der Waals surface area contributed by atoms with Crippen molar-refractivity contribution in [1.29, 1.82) is 0 Å². The lowest BCUT2D eigenvalue weighted by Crippen LogP contribution is -2.57. The normalized spacial score (nSPS) is 13.6. The molecule has 5 rings (SSSR count). The van der Waals surface area contributed by atoms with Gasteiger partial charge in [-0.2, -0.15) is 0 Å². The molecule has 188 valence electrons. The number of benzene rings is 4. The molecule has 6 nitrogen and oxygen atoms in total. The van der Waals surface area contributed by atoms with Gasteiger partial charge in [0, 0.05) is 5.56 Å². The first-order valence-corrected chi connectivity index (χ1v) is 12.4. The molecule has 0 saturated carbocycles. The summed E-state index contributed by atoms with van der Waals surface area (Å²) in [4.78, 5) is 42.3. The predicted molar refractivity (Wildman–Crippen MR) is 146 cm³/mol. The molecule has 1 saturated heterocycles. The van der Waals surface area contributed by atoms with Gasteiger partial charge in [-0.15, -0.1) is 0 Å². The third kappa shape index (κ3) is 4.99. The molecule has 38 heavy (non-hydrogen) atoms. The van der Waals surface area contributed by atoms with E-state index in [4.69, 9.17) is 4.74 Å². The number of halogens is 2. The van der Waals surface area contributed by atoms with Gasteiger partial charge < -0.3 is 4.74 Å². The van der Waals surface area contributed by atoms with E-state index >= 15 is 0 Å². The highest BCUT2D eigenvalue weighted by atomic mass is 79.9. The molecule has 0 radical (unpaired) electrons. The molecule has 4 aromatic rings. The Morgan fingerprint density at radius 3 is 1.84 bits per heavy atom. The van der Waals surface area contributed by atoms with E-state index < -0.39 is 17.8 Å². The van der Waals surface area contributed by atoms with Crippen LogP contribution in [-0.2, 0) is 16.2 Å². The largest absolute Gasteiger partial charge is 0.488 e. The molecule has 4 aromatic carbocycles. The van der Waals surface area contributed by atoms with Crippen molar-refractivity contribution in [2.75, 3.05) is 9.80 Å². The van der Waals surface area contributed by atoms with Gasteiger partial charge in [0.25, 0.3) is 11.8 Å². The summed E-state index contributed by atoms with van der Waals surface area (Å²) < 4.78 is 20.2. The monoisotopic (exact) mass is 570 g/mol. The molecule has 0 aliphatic carbocycles. The van der Waals surface area contributed by atoms with Crippen molar-refractivity contribution in [2.45, 2.75) is 6.61 Å². The summed E-state index contributed by atoms with van der Waals surface area (Å²) in [5, 5.41) is 0. The smallest absolute Gasteiger partial charge is 0.343 e. The fourth-order valence-electron chi connectivity index (χ4n) is 4.00. The number of ether oxygens (including phenoxy) is 1. The zero-order valence-corrected chi connectivity index (χ0v) is 21.5. The standard InChI is InChI=1S/C30H20BrFN2O4/c31-25-18-20(15-16-27(25)38-19-21-9-7-8-14-26(21)32)17-24-28(35)33(22-10-3-1-4-11-22)30(37)34(29(24)36)23-12-5-2-6-13-23/h1-18H,19H2. The minimum absolute atomic E-state index is 0.0306. The maximum Gasteiger partial charge on any atom is 0.343 e. The molecule has 8 heteroatoms. The molecule has 1 aliphatic rings. The van der Waals surface area contributed by atoms with E-state index in [-0.39, 0.29) is 18.0 Å². The second-order valence-electron chi connectivity index (χ2n) is 8.36. The average Bonchev–Trinajstić information content (AvgIpc) is 2.93. The van der Waals surface area contributed by atoms with Crippen molar-refractivity contribution in [3.05, 3.63) is 130 Å². The van der Waals surface area contributed by atoms with Crippen molar-refractivity contribution in [3.8, 4) is 5.75 Å². The third-order valence-corrected chi connectivity index (χ3v) is 6.51. The fourth-order valence-corrected chi connectivity index (χ4v) is 4.51. The number of anilines is 2. The predicted octanol–water partition coefficient (Wildman–Crippen LogP) is 6.75. The highest BCUT2D eigenvalue weighted by Crippen LogP contribution is 2.32. The summed E-state index contributed by atoms with van der Waals surface area (Å²) in [7, 11) is 0. The number of nitrogens with zero attached hydrogens (tertiary/aromatic N) is 2. The van der Waals surface area contributed by atoms with Crippen LogP contribution in [0.25, 0.3) is 6.08 Å². The van der Waals surface area contributed by atoms with Crippen LogP contribution in [-0.4, -0.2) is 17.8 Å². The lowest BCUT2D eigenvalue weighted by atomic mass is 10.0. The molecule has 0 unspecified atom stereocenters. The van der Waals surface area contributed by atoms with Crippen LogP contribution >= 0.6 is 15.9 Å². The van der Waals surface area contributed by atoms with Gasteiger partial charge >= 0.3 is 6.03 Å². The quantitative estimate of drug-likeness (QED) is 0.190. The zero-order chi connectivity index (χ0) is 26.6. The maximum atomic E-state index is 13.9. The molecule has 0 spiro atoms. The number of hydrogen-bond acceptors (Lipinski definition) is 4. The lowest BCUT2D eigenvalue weighted by Gasteiger charge is -2.33. The number of amides is 4. The van der Waals surface area contributed by atoms with E-state index in [2.05, 4.69) is 15.9 Å². The van der Waals surface area contributed by atoms with Crippen LogP contribution in [0.3, 0.4) is 0 Å². The second kappa shape index (κ2) is 10.8. The number of imide groups is 2. The van der Waals surface area contributed by atoms with Gasteiger partial charge in [0.2, 0.25) is 0 Å². The maximum absolute atomic E-state index is 13.9. The van der Waals surface area contributed by atoms with Gasteiger partial charge in [0.05, 0.1) is 15.8 Å². The molecular weight excluding hydrogens is 551 g/mol. The number of rotatable bonds is 6. The number of para-hydroxylation sites is 2. The Hall–Kier alpha value is -4.56. The minimum atomic E-state index is -0.757. The molecule has 4 amide bonds. The second-order valence-corrected chi connectivity index (χ2v) is 9.22. The zero-order valence-electron chi connectivity index (χ0n) is 19.9. The van der Waals surface area contributed by atoms with Gasteiger partial charge in [-0.1, -0.05) is 60.7 Å². The summed E-state index contributed by atoms with van der Waals surface area (Å²) in [6.07, 6.45) is 1.44. The topological polar surface area (TPSA) is 66.9 Å². The van der Waals surface area contributed by atoms with Crippen LogP contribution in [0.5, 0.6) is 5.75 Å². The summed E-state index contributed by atoms with van der Waals surface area (Å²) in [5.74, 6) is -1.35. The Morgan fingerprint density at radius 2 is 1.29 bits per heavy atom. The van der Waals surface area contributed by atoms with E-state index in [1.54, 1.807) is 97.1 Å². The first-order chi connectivity index (χ1) is 18.4. The fraction of sp³-hybridized carbons (Fsp3) is 0.0333. The molecule has 1 aliphatic heterocycles. The van der Waals surface area contributed by atoms with Crippen LogP contribution in [0.4, 0.5) is 20.6 Å². The van der Waals surface area contributed by atoms with Crippen LogP contribution in [0.15, 0.2) is 113 Å². The summed E-state index contributed by atoms with van der Waals surface area (Å²) in [6.45, 7) is 0.0306. The van der Waals surface area contributed by atoms with E-state index in [0.29, 0.717) is 32.7 Å². The van der Waals surface area contributed by atoms with E-state index in [9.17, 15) is 18.8 Å². The summed E-state index contributed by atoms with van der Waals surface area (Å²) in [6, 6.07) is 27.5. The minimum Gasteiger partial charge on any atom is -0.488 e. The molecule has 0 N–H and O–H groups in total. The number of carbonyl (C=O) groups excluding carboxylic acids is 3. The van der Waals surface area contributed by atoms with Crippen LogP contribution < -0.4 is 14.5 Å². The molecule has 1 heterocycles. The average molecular weight is 571 g/mol. The molecule has 0 aromatic heterocycles. The van der Waals surface area contributed by atoms with Crippen molar-refractivity contribution in [2.24, 2.45) is 0 Å². The Labute approximate surface area is 226 Å². The molecule has 0 bridgehead atoms. The van der Waals surface area contributed by atoms with Gasteiger partial charge in [0.1, 0.15) is 23.7 Å². The SMILES string of the molecule is O=C1C(=Cc2ccc(OCc3ccccc3F)c(Br)c2)C(=O)N(c2ccccc2)C(=O)N1c1ccccc1. The van der Waals surface area contributed by atoms with Crippen LogP contribution in [0.1, 0.15) is 11.1 Å². The Balaban J connectivity index is 1.49.